The molecule has 2 rings (SSSR count). The van der Waals surface area contributed by atoms with E-state index in [9.17, 15) is 18.0 Å². The maximum Gasteiger partial charge on any atom is 0.242 e. The van der Waals surface area contributed by atoms with Gasteiger partial charge < -0.3 is 10.2 Å². The summed E-state index contributed by atoms with van der Waals surface area (Å²) < 4.78 is 27.0. The Balaban J connectivity index is 2.21. The van der Waals surface area contributed by atoms with Crippen molar-refractivity contribution in [2.75, 3.05) is 17.1 Å². The van der Waals surface area contributed by atoms with E-state index >= 15 is 0 Å². The van der Waals surface area contributed by atoms with E-state index in [1.54, 1.807) is 13.0 Å². The van der Waals surface area contributed by atoms with E-state index in [0.717, 1.165) is 27.0 Å². The Morgan fingerprint density at radius 1 is 1.11 bits per heavy atom. The first-order chi connectivity index (χ1) is 16.8. The first kappa shape index (κ1) is 30.4. The number of sulfonamides is 1. The number of nitrogens with one attached hydrogen (secondary N) is 1. The monoisotopic (exact) mass is 619 g/mol. The molecule has 1 N–H and O–H groups in total. The van der Waals surface area contributed by atoms with E-state index in [0.29, 0.717) is 5.02 Å². The molecule has 11 heteroatoms. The Kier molecular flexibility index (Phi) is 11.5. The Hall–Kier alpha value is -1.81. The molecule has 0 aliphatic carbocycles. The molecule has 0 spiro atoms. The number of carbonyl (C=O) groups is 2. The maximum atomic E-state index is 13.3. The number of hydrogen-bond donors (Lipinski definition) is 1. The summed E-state index contributed by atoms with van der Waals surface area (Å²) in [6.07, 6.45) is 2.11. The number of rotatable bonds is 12. The average molecular weight is 621 g/mol. The highest BCUT2D eigenvalue weighted by atomic mass is 79.9. The molecule has 0 fully saturated rings. The molecule has 0 unspecified atom stereocenters. The van der Waals surface area contributed by atoms with Crippen molar-refractivity contribution in [2.45, 2.75) is 58.7 Å². The second kappa shape index (κ2) is 13.7. The standard InChI is InChI=1S/C25H32BrCl2N3O4S/c1-5-17(2)29-25(33)18(3)30(16-19-8-6-9-20(26)14-19)24(32)10-7-13-31(36(4,34)35)23-15-21(27)11-12-22(23)28/h6,8-9,11-12,14-15,17-18H,5,7,10,13,16H2,1-4H3,(H,29,33)/t17-,18-/m1/s1. The maximum absolute atomic E-state index is 13.3. The van der Waals surface area contributed by atoms with Crippen LogP contribution in [0.3, 0.4) is 0 Å². The summed E-state index contributed by atoms with van der Waals surface area (Å²) >= 11 is 15.7. The van der Waals surface area contributed by atoms with Gasteiger partial charge in [0, 0.05) is 35.0 Å². The van der Waals surface area contributed by atoms with Gasteiger partial charge >= 0.3 is 0 Å². The predicted octanol–water partition coefficient (Wildman–Crippen LogP) is 5.63. The third-order valence-electron chi connectivity index (χ3n) is 5.74. The third-order valence-corrected chi connectivity index (χ3v) is 7.97. The fraction of sp³-hybridized carbons (Fsp3) is 0.440. The van der Waals surface area contributed by atoms with E-state index in [4.69, 9.17) is 23.2 Å². The quantitative estimate of drug-likeness (QED) is 0.333. The van der Waals surface area contributed by atoms with Crippen LogP contribution in [0.15, 0.2) is 46.9 Å². The molecule has 2 amide bonds. The van der Waals surface area contributed by atoms with Crippen molar-refractivity contribution in [3.8, 4) is 0 Å². The summed E-state index contributed by atoms with van der Waals surface area (Å²) in [5.74, 6) is -0.497. The van der Waals surface area contributed by atoms with Crippen LogP contribution in [0, 0.1) is 0 Å². The van der Waals surface area contributed by atoms with E-state index in [-0.39, 0.29) is 54.5 Å². The topological polar surface area (TPSA) is 86.8 Å². The van der Waals surface area contributed by atoms with Gasteiger partial charge in [-0.05, 0) is 62.6 Å². The number of amides is 2. The molecule has 2 aromatic carbocycles. The lowest BCUT2D eigenvalue weighted by Gasteiger charge is -2.30. The molecule has 0 saturated carbocycles. The highest BCUT2D eigenvalue weighted by Gasteiger charge is 2.27. The zero-order valence-corrected chi connectivity index (χ0v) is 24.7. The number of hydrogen-bond acceptors (Lipinski definition) is 4. The summed E-state index contributed by atoms with van der Waals surface area (Å²) in [5, 5.41) is 3.52. The minimum absolute atomic E-state index is 0.0199. The van der Waals surface area contributed by atoms with Gasteiger partial charge in [0.15, 0.2) is 0 Å². The predicted molar refractivity (Wildman–Crippen MR) is 150 cm³/mol. The van der Waals surface area contributed by atoms with Crippen LogP contribution in [0.2, 0.25) is 10.0 Å². The summed E-state index contributed by atoms with van der Waals surface area (Å²) in [7, 11) is -3.68. The summed E-state index contributed by atoms with van der Waals surface area (Å²) in [6.45, 7) is 5.85. The van der Waals surface area contributed by atoms with Crippen LogP contribution in [0.4, 0.5) is 5.69 Å². The minimum atomic E-state index is -3.68. The fourth-order valence-corrected chi connectivity index (χ4v) is 5.39. The molecule has 7 nitrogen and oxygen atoms in total. The molecule has 0 bridgehead atoms. The van der Waals surface area contributed by atoms with Crippen LogP contribution in [-0.2, 0) is 26.2 Å². The van der Waals surface area contributed by atoms with Crippen molar-refractivity contribution in [3.05, 3.63) is 62.5 Å². The molecule has 198 valence electrons. The van der Waals surface area contributed by atoms with Gasteiger partial charge in [-0.15, -0.1) is 0 Å². The smallest absolute Gasteiger partial charge is 0.242 e. The van der Waals surface area contributed by atoms with Crippen molar-refractivity contribution < 1.29 is 18.0 Å². The SMILES string of the molecule is CC[C@@H](C)NC(=O)[C@@H](C)N(Cc1cccc(Br)c1)C(=O)CCCN(c1cc(Cl)ccc1Cl)S(C)(=O)=O. The normalized spacial score (nSPS) is 13.1. The second-order valence-corrected chi connectivity index (χ2v) is 12.3. The van der Waals surface area contributed by atoms with Crippen LogP contribution in [0.1, 0.15) is 45.6 Å². The molecule has 2 atom stereocenters. The highest BCUT2D eigenvalue weighted by Crippen LogP contribution is 2.31. The number of halogens is 3. The molecule has 36 heavy (non-hydrogen) atoms. The molecular weight excluding hydrogens is 589 g/mol. The van der Waals surface area contributed by atoms with Crippen molar-refractivity contribution >= 4 is 66.7 Å². The Bertz CT molecular complexity index is 1180. The molecule has 2 aromatic rings. The van der Waals surface area contributed by atoms with Gasteiger partial charge in [0.1, 0.15) is 6.04 Å². The molecule has 0 aromatic heterocycles. The third kappa shape index (κ3) is 8.94. The molecule has 0 aliphatic rings. The lowest BCUT2D eigenvalue weighted by atomic mass is 10.1. The first-order valence-corrected chi connectivity index (χ1v) is 15.0. The van der Waals surface area contributed by atoms with Crippen molar-refractivity contribution in [2.24, 2.45) is 0 Å². The number of nitrogens with zero attached hydrogens (tertiary/aromatic N) is 2. The van der Waals surface area contributed by atoms with Crippen LogP contribution in [0.25, 0.3) is 0 Å². The molecular formula is C25H32BrCl2N3O4S. The van der Waals surface area contributed by atoms with Crippen LogP contribution >= 0.6 is 39.1 Å². The van der Waals surface area contributed by atoms with Gasteiger partial charge in [0.05, 0.1) is 17.0 Å². The number of carbonyl (C=O) groups excluding carboxylic acids is 2. The zero-order chi connectivity index (χ0) is 27.0. The summed E-state index contributed by atoms with van der Waals surface area (Å²) in [4.78, 5) is 27.7. The van der Waals surface area contributed by atoms with Gasteiger partial charge in [0.2, 0.25) is 21.8 Å². The van der Waals surface area contributed by atoms with Crippen molar-refractivity contribution in [3.63, 3.8) is 0 Å². The first-order valence-electron chi connectivity index (χ1n) is 11.6. The lowest BCUT2D eigenvalue weighted by Crippen LogP contribution is -2.49. The zero-order valence-electron chi connectivity index (χ0n) is 20.8. The van der Waals surface area contributed by atoms with Crippen LogP contribution in [0.5, 0.6) is 0 Å². The van der Waals surface area contributed by atoms with Crippen molar-refractivity contribution in [1.82, 2.24) is 10.2 Å². The number of benzene rings is 2. The van der Waals surface area contributed by atoms with Gasteiger partial charge in [-0.1, -0.05) is 58.2 Å². The van der Waals surface area contributed by atoms with Gasteiger partial charge in [-0.25, -0.2) is 8.42 Å². The van der Waals surface area contributed by atoms with Crippen molar-refractivity contribution in [1.29, 1.82) is 0 Å². The Labute approximate surface area is 232 Å². The largest absolute Gasteiger partial charge is 0.352 e. The summed E-state index contributed by atoms with van der Waals surface area (Å²) in [5.41, 5.74) is 1.12. The van der Waals surface area contributed by atoms with E-state index in [1.807, 2.05) is 38.1 Å². The molecule has 0 radical (unpaired) electrons. The van der Waals surface area contributed by atoms with Crippen LogP contribution < -0.4 is 9.62 Å². The van der Waals surface area contributed by atoms with Gasteiger partial charge in [-0.2, -0.15) is 0 Å². The van der Waals surface area contributed by atoms with Gasteiger partial charge in [-0.3, -0.25) is 13.9 Å². The number of anilines is 1. The average Bonchev–Trinajstić information content (AvgIpc) is 2.80. The highest BCUT2D eigenvalue weighted by molar-refractivity contribution is 9.10. The van der Waals surface area contributed by atoms with Crippen LogP contribution in [-0.4, -0.2) is 50.0 Å². The summed E-state index contributed by atoms with van der Waals surface area (Å²) in [6, 6.07) is 11.4. The second-order valence-electron chi connectivity index (χ2n) is 8.68. The molecule has 0 aliphatic heterocycles. The Morgan fingerprint density at radius 3 is 2.42 bits per heavy atom. The van der Waals surface area contributed by atoms with E-state index in [2.05, 4.69) is 21.2 Å². The van der Waals surface area contributed by atoms with Gasteiger partial charge in [0.25, 0.3) is 0 Å². The molecule has 0 heterocycles. The minimum Gasteiger partial charge on any atom is -0.352 e. The van der Waals surface area contributed by atoms with E-state index < -0.39 is 16.1 Å². The molecule has 0 saturated heterocycles. The Morgan fingerprint density at radius 2 is 1.81 bits per heavy atom. The lowest BCUT2D eigenvalue weighted by molar-refractivity contribution is -0.140. The fourth-order valence-electron chi connectivity index (χ4n) is 3.54. The van der Waals surface area contributed by atoms with E-state index in [1.165, 1.54) is 17.0 Å².